The number of alkyl halides is 3. The summed E-state index contributed by atoms with van der Waals surface area (Å²) in [5.74, 6) is -1.10. The molecule has 0 spiro atoms. The Balaban J connectivity index is 4.39. The summed E-state index contributed by atoms with van der Waals surface area (Å²) in [7, 11) is 1.05. The lowest BCUT2D eigenvalue weighted by molar-refractivity contribution is -0.0597. The second-order valence-electron chi connectivity index (χ2n) is 1.43. The van der Waals surface area contributed by atoms with E-state index in [-0.39, 0.29) is 0 Å². The molecule has 0 atom stereocenters. The summed E-state index contributed by atoms with van der Waals surface area (Å²) in [6.07, 6.45) is -3.38. The van der Waals surface area contributed by atoms with Crippen LogP contribution in [-0.4, -0.2) is 25.3 Å². The molecular weight excluding hydrogens is 145 g/mol. The maximum absolute atomic E-state index is 11.7. The molecule has 0 aliphatic heterocycles. The van der Waals surface area contributed by atoms with Crippen LogP contribution < -0.4 is 0 Å². The maximum atomic E-state index is 11.7. The van der Waals surface area contributed by atoms with E-state index in [1.165, 1.54) is 6.92 Å². The summed E-state index contributed by atoms with van der Waals surface area (Å²) in [6, 6.07) is 0. The molecule has 58 valence electrons. The zero-order valence-corrected chi connectivity index (χ0v) is 5.61. The third-order valence-electron chi connectivity index (χ3n) is 0.717. The van der Waals surface area contributed by atoms with Gasteiger partial charge in [-0.05, 0) is 6.92 Å². The average Bonchev–Trinajstić information content (AvgIpc) is 1.80. The Labute approximate surface area is 56.5 Å². The van der Waals surface area contributed by atoms with Gasteiger partial charge in [0.1, 0.15) is 0 Å². The first-order chi connectivity index (χ1) is 4.52. The van der Waals surface area contributed by atoms with Crippen molar-refractivity contribution in [1.82, 2.24) is 0 Å². The Bertz CT molecular complexity index is 157. The first kappa shape index (κ1) is 9.13. The van der Waals surface area contributed by atoms with E-state index in [1.54, 1.807) is 0 Å². The molecule has 0 unspecified atom stereocenters. The molecule has 0 amide bonds. The predicted molar refractivity (Wildman–Crippen MR) is 33.6 cm³/mol. The highest BCUT2D eigenvalue weighted by Gasteiger charge is 2.34. The summed E-state index contributed by atoms with van der Waals surface area (Å²) in [5.41, 5.74) is 0. The molecule has 0 heterocycles. The van der Waals surface area contributed by atoms with Gasteiger partial charge in [0.2, 0.25) is 5.84 Å². The number of aliphatic imine (C=N–C) groups is 2. The Morgan fingerprint density at radius 3 is 2.00 bits per heavy atom. The van der Waals surface area contributed by atoms with E-state index in [2.05, 4.69) is 9.98 Å². The van der Waals surface area contributed by atoms with Gasteiger partial charge in [-0.1, -0.05) is 0 Å². The molecule has 0 aromatic heterocycles. The lowest BCUT2D eigenvalue weighted by Crippen LogP contribution is -2.20. The molecular formula is C5H7F3N2. The summed E-state index contributed by atoms with van der Waals surface area (Å²) in [5, 5.41) is 0. The number of nitrogens with zero attached hydrogens (tertiary/aromatic N) is 2. The average molecular weight is 152 g/mol. The van der Waals surface area contributed by atoms with Crippen LogP contribution in [0, 0.1) is 0 Å². The van der Waals surface area contributed by atoms with E-state index in [9.17, 15) is 13.2 Å². The Hall–Kier alpha value is -0.870. The van der Waals surface area contributed by atoms with Crippen molar-refractivity contribution in [3.63, 3.8) is 0 Å². The number of rotatable bonds is 0. The van der Waals surface area contributed by atoms with E-state index in [4.69, 9.17) is 0 Å². The SMILES string of the molecule is C/C=N\C(=N/C)C(F)(F)F. The van der Waals surface area contributed by atoms with Crippen LogP contribution in [0.2, 0.25) is 0 Å². The van der Waals surface area contributed by atoms with Gasteiger partial charge in [0.05, 0.1) is 0 Å². The van der Waals surface area contributed by atoms with Gasteiger partial charge in [-0.2, -0.15) is 13.2 Å². The normalized spacial score (nSPS) is 14.7. The fraction of sp³-hybridized carbons (Fsp3) is 0.600. The molecule has 0 radical (unpaired) electrons. The van der Waals surface area contributed by atoms with Crippen molar-refractivity contribution in [2.45, 2.75) is 13.1 Å². The number of amidine groups is 1. The van der Waals surface area contributed by atoms with E-state index in [1.807, 2.05) is 0 Å². The highest BCUT2D eigenvalue weighted by molar-refractivity contribution is 5.93. The minimum Gasteiger partial charge on any atom is -0.266 e. The Morgan fingerprint density at radius 1 is 1.40 bits per heavy atom. The number of halogens is 3. The second kappa shape index (κ2) is 3.34. The monoisotopic (exact) mass is 152 g/mol. The van der Waals surface area contributed by atoms with Gasteiger partial charge < -0.3 is 0 Å². The number of hydrogen-bond donors (Lipinski definition) is 0. The quantitative estimate of drug-likeness (QED) is 0.372. The molecule has 0 fully saturated rings. The van der Waals surface area contributed by atoms with E-state index in [0.717, 1.165) is 13.3 Å². The molecule has 2 nitrogen and oxygen atoms in total. The lowest BCUT2D eigenvalue weighted by atomic mass is 10.6. The summed E-state index contributed by atoms with van der Waals surface area (Å²) in [6.45, 7) is 1.40. The minimum atomic E-state index is -4.43. The molecule has 0 aliphatic rings. The van der Waals surface area contributed by atoms with Gasteiger partial charge in [-0.15, -0.1) is 0 Å². The van der Waals surface area contributed by atoms with Crippen molar-refractivity contribution in [1.29, 1.82) is 0 Å². The van der Waals surface area contributed by atoms with Crippen molar-refractivity contribution in [3.8, 4) is 0 Å². The highest BCUT2D eigenvalue weighted by Crippen LogP contribution is 2.17. The molecule has 5 heteroatoms. The van der Waals surface area contributed by atoms with Crippen molar-refractivity contribution in [2.24, 2.45) is 9.98 Å². The molecule has 0 saturated carbocycles. The zero-order chi connectivity index (χ0) is 8.20. The smallest absolute Gasteiger partial charge is 0.266 e. The van der Waals surface area contributed by atoms with Crippen LogP contribution >= 0.6 is 0 Å². The van der Waals surface area contributed by atoms with Gasteiger partial charge in [0.25, 0.3) is 0 Å². The van der Waals surface area contributed by atoms with Crippen LogP contribution in [0.25, 0.3) is 0 Å². The molecule has 0 aromatic carbocycles. The van der Waals surface area contributed by atoms with E-state index < -0.39 is 12.0 Å². The Kier molecular flexibility index (Phi) is 3.05. The fourth-order valence-electron chi connectivity index (χ4n) is 0.380. The largest absolute Gasteiger partial charge is 0.451 e. The third-order valence-corrected chi connectivity index (χ3v) is 0.717. The van der Waals surface area contributed by atoms with Gasteiger partial charge in [0, 0.05) is 13.3 Å². The van der Waals surface area contributed by atoms with Crippen molar-refractivity contribution >= 4 is 12.1 Å². The van der Waals surface area contributed by atoms with Crippen LogP contribution in [0.4, 0.5) is 13.2 Å². The molecule has 0 N–H and O–H groups in total. The van der Waals surface area contributed by atoms with Crippen LogP contribution in [-0.2, 0) is 0 Å². The van der Waals surface area contributed by atoms with Crippen LogP contribution in [0.1, 0.15) is 6.92 Å². The maximum Gasteiger partial charge on any atom is 0.451 e. The molecule has 10 heavy (non-hydrogen) atoms. The van der Waals surface area contributed by atoms with Crippen LogP contribution in [0.3, 0.4) is 0 Å². The van der Waals surface area contributed by atoms with Crippen LogP contribution in [0.5, 0.6) is 0 Å². The molecule has 0 aliphatic carbocycles. The topological polar surface area (TPSA) is 24.7 Å². The minimum absolute atomic E-state index is 1.05. The summed E-state index contributed by atoms with van der Waals surface area (Å²) >= 11 is 0. The first-order valence-corrected chi connectivity index (χ1v) is 2.55. The van der Waals surface area contributed by atoms with Crippen molar-refractivity contribution < 1.29 is 13.2 Å². The first-order valence-electron chi connectivity index (χ1n) is 2.55. The third kappa shape index (κ3) is 2.61. The summed E-state index contributed by atoms with van der Waals surface area (Å²) < 4.78 is 35.0. The molecule has 0 bridgehead atoms. The zero-order valence-electron chi connectivity index (χ0n) is 5.61. The standard InChI is InChI=1S/C5H7F3N2/c1-3-10-4(9-2)5(6,7)8/h3H,1-2H3/b9-4-,10-3-. The molecule has 0 aromatic rings. The van der Waals surface area contributed by atoms with Gasteiger partial charge in [0.15, 0.2) is 0 Å². The van der Waals surface area contributed by atoms with Crippen molar-refractivity contribution in [2.75, 3.05) is 7.05 Å². The van der Waals surface area contributed by atoms with E-state index in [0.29, 0.717) is 0 Å². The Morgan fingerprint density at radius 2 is 1.90 bits per heavy atom. The van der Waals surface area contributed by atoms with Gasteiger partial charge in [-0.25, -0.2) is 4.99 Å². The van der Waals surface area contributed by atoms with Crippen molar-refractivity contribution in [3.05, 3.63) is 0 Å². The van der Waals surface area contributed by atoms with Gasteiger partial charge in [-0.3, -0.25) is 4.99 Å². The predicted octanol–water partition coefficient (Wildman–Crippen LogP) is 1.67. The molecule has 0 saturated heterocycles. The summed E-state index contributed by atoms with van der Waals surface area (Å²) in [4.78, 5) is 5.96. The van der Waals surface area contributed by atoms with Crippen LogP contribution in [0.15, 0.2) is 9.98 Å². The molecule has 0 rings (SSSR count). The van der Waals surface area contributed by atoms with Gasteiger partial charge >= 0.3 is 6.18 Å². The second-order valence-corrected chi connectivity index (χ2v) is 1.43. The van der Waals surface area contributed by atoms with E-state index >= 15 is 0 Å². The lowest BCUT2D eigenvalue weighted by Gasteiger charge is -2.02. The fourth-order valence-corrected chi connectivity index (χ4v) is 0.380. The number of hydrogen-bond acceptors (Lipinski definition) is 1. The highest BCUT2D eigenvalue weighted by atomic mass is 19.4.